The van der Waals surface area contributed by atoms with Gasteiger partial charge in [-0.1, -0.05) is 46.9 Å². The van der Waals surface area contributed by atoms with Crippen LogP contribution < -0.4 is 15.4 Å². The van der Waals surface area contributed by atoms with E-state index in [9.17, 15) is 4.79 Å². The van der Waals surface area contributed by atoms with E-state index in [0.717, 1.165) is 5.56 Å². The van der Waals surface area contributed by atoms with Crippen molar-refractivity contribution in [2.45, 2.75) is 0 Å². The predicted molar refractivity (Wildman–Crippen MR) is 141 cm³/mol. The lowest BCUT2D eigenvalue weighted by Crippen LogP contribution is -2.50. The maximum atomic E-state index is 12.7. The number of amides is 1. The highest BCUT2D eigenvalue weighted by Crippen LogP contribution is 2.28. The van der Waals surface area contributed by atoms with E-state index in [2.05, 4.69) is 15.0 Å². The quantitative estimate of drug-likeness (QED) is 0.395. The molecule has 36 heavy (non-hydrogen) atoms. The molecule has 1 aliphatic rings. The Hall–Kier alpha value is -3.40. The fourth-order valence-corrected chi connectivity index (χ4v) is 4.47. The summed E-state index contributed by atoms with van der Waals surface area (Å²) < 4.78 is 5.60. The number of hydrogen-bond acceptors (Lipinski definition) is 8. The second-order valence-electron chi connectivity index (χ2n) is 8.07. The van der Waals surface area contributed by atoms with Crippen LogP contribution >= 0.6 is 34.8 Å². The molecule has 0 unspecified atom stereocenters. The molecule has 1 saturated heterocycles. The van der Waals surface area contributed by atoms with Gasteiger partial charge in [0.15, 0.2) is 23.6 Å². The Kier molecular flexibility index (Phi) is 6.95. The molecule has 3 heterocycles. The molecule has 12 heteroatoms. The topological polar surface area (TPSA) is 110 Å². The van der Waals surface area contributed by atoms with Crippen LogP contribution in [0.2, 0.25) is 15.1 Å². The van der Waals surface area contributed by atoms with Crippen LogP contribution in [0.15, 0.2) is 48.7 Å². The number of carbonyl (C=O) groups is 1. The summed E-state index contributed by atoms with van der Waals surface area (Å²) in [7, 11) is 0. The summed E-state index contributed by atoms with van der Waals surface area (Å²) in [6, 6.07) is 12.2. The molecule has 4 aromatic rings. The van der Waals surface area contributed by atoms with Gasteiger partial charge in [-0.2, -0.15) is 9.97 Å². The molecule has 2 aromatic carbocycles. The van der Waals surface area contributed by atoms with E-state index < -0.39 is 0 Å². The largest absolute Gasteiger partial charge is 0.482 e. The number of nitrogens with zero attached hydrogens (tertiary/aromatic N) is 6. The Morgan fingerprint density at radius 1 is 0.944 bits per heavy atom. The zero-order valence-corrected chi connectivity index (χ0v) is 21.1. The molecule has 0 atom stereocenters. The average molecular weight is 545 g/mol. The third-order valence-corrected chi connectivity index (χ3v) is 6.51. The van der Waals surface area contributed by atoms with Crippen LogP contribution in [0.4, 0.5) is 11.8 Å². The number of hydrogen-bond donors (Lipinski definition) is 1. The first-order valence-corrected chi connectivity index (χ1v) is 12.2. The minimum Gasteiger partial charge on any atom is -0.482 e. The summed E-state index contributed by atoms with van der Waals surface area (Å²) in [5.41, 5.74) is 8.44. The minimum absolute atomic E-state index is 0.109. The van der Waals surface area contributed by atoms with Crippen molar-refractivity contribution in [1.29, 1.82) is 0 Å². The summed E-state index contributed by atoms with van der Waals surface area (Å²) in [4.78, 5) is 34.4. The normalized spacial score (nSPS) is 13.8. The van der Waals surface area contributed by atoms with E-state index in [1.807, 2.05) is 17.0 Å². The minimum atomic E-state index is -0.141. The lowest BCUT2D eigenvalue weighted by molar-refractivity contribution is -0.133. The molecule has 9 nitrogen and oxygen atoms in total. The van der Waals surface area contributed by atoms with Crippen molar-refractivity contribution in [2.24, 2.45) is 0 Å². The molecular weight excluding hydrogens is 525 g/mol. The maximum absolute atomic E-state index is 12.7. The SMILES string of the molecule is Nc1nc(N2CCN(C(=O)COc3ccc(Cl)cc3Cl)CC2)c2nc(-c3ccc(Cl)cc3)cnc2n1. The number of nitrogen functional groups attached to an aromatic ring is 1. The number of halogens is 3. The van der Waals surface area contributed by atoms with E-state index in [1.54, 1.807) is 41.4 Å². The summed E-state index contributed by atoms with van der Waals surface area (Å²) in [5, 5.41) is 1.49. The van der Waals surface area contributed by atoms with Crippen LogP contribution in [0.25, 0.3) is 22.4 Å². The average Bonchev–Trinajstić information content (AvgIpc) is 2.88. The summed E-state index contributed by atoms with van der Waals surface area (Å²) in [5.74, 6) is 0.957. The number of rotatable bonds is 5. The molecule has 184 valence electrons. The van der Waals surface area contributed by atoms with Gasteiger partial charge in [-0.15, -0.1) is 0 Å². The molecule has 5 rings (SSSR count). The van der Waals surface area contributed by atoms with E-state index in [-0.39, 0.29) is 18.5 Å². The predicted octanol–water partition coefficient (Wildman–Crippen LogP) is 4.36. The van der Waals surface area contributed by atoms with Crippen LogP contribution in [0.3, 0.4) is 0 Å². The maximum Gasteiger partial charge on any atom is 0.260 e. The van der Waals surface area contributed by atoms with Gasteiger partial charge < -0.3 is 20.3 Å². The van der Waals surface area contributed by atoms with E-state index in [1.165, 1.54) is 0 Å². The molecule has 0 spiro atoms. The van der Waals surface area contributed by atoms with Crippen molar-refractivity contribution >= 4 is 63.6 Å². The van der Waals surface area contributed by atoms with Crippen LogP contribution in [0, 0.1) is 0 Å². The highest BCUT2D eigenvalue weighted by atomic mass is 35.5. The van der Waals surface area contributed by atoms with Crippen molar-refractivity contribution < 1.29 is 9.53 Å². The van der Waals surface area contributed by atoms with Crippen molar-refractivity contribution in [3.63, 3.8) is 0 Å². The number of aromatic nitrogens is 4. The molecule has 2 N–H and O–H groups in total. The van der Waals surface area contributed by atoms with E-state index in [4.69, 9.17) is 50.3 Å². The first-order chi connectivity index (χ1) is 17.4. The van der Waals surface area contributed by atoms with E-state index in [0.29, 0.717) is 69.7 Å². The van der Waals surface area contributed by atoms with Crippen LogP contribution in [0.5, 0.6) is 5.75 Å². The molecule has 0 radical (unpaired) electrons. The van der Waals surface area contributed by atoms with Crippen molar-refractivity contribution in [2.75, 3.05) is 43.4 Å². The molecular formula is C24H20Cl3N7O2. The van der Waals surface area contributed by atoms with Crippen molar-refractivity contribution in [3.05, 3.63) is 63.7 Å². The standard InChI is InChI=1S/C24H20Cl3N7O2/c25-15-3-1-14(2-4-15)18-12-29-22-21(30-18)23(32-24(28)31-22)34-9-7-33(8-10-34)20(35)13-36-19-6-5-16(26)11-17(19)27/h1-6,11-12H,7-10,13H2,(H2,28,29,31,32). The number of piperazine rings is 1. The lowest BCUT2D eigenvalue weighted by atomic mass is 10.1. The molecule has 0 aliphatic carbocycles. The highest BCUT2D eigenvalue weighted by Gasteiger charge is 2.25. The number of fused-ring (bicyclic) bond motifs is 1. The first-order valence-electron chi connectivity index (χ1n) is 11.0. The smallest absolute Gasteiger partial charge is 0.260 e. The number of anilines is 2. The molecule has 0 bridgehead atoms. The van der Waals surface area contributed by atoms with Gasteiger partial charge in [0.2, 0.25) is 5.95 Å². The van der Waals surface area contributed by atoms with Gasteiger partial charge in [-0.25, -0.2) is 9.97 Å². The number of nitrogens with two attached hydrogens (primary N) is 1. The van der Waals surface area contributed by atoms with Gasteiger partial charge in [0.1, 0.15) is 5.75 Å². The molecule has 1 amide bonds. The zero-order chi connectivity index (χ0) is 25.2. The van der Waals surface area contributed by atoms with Crippen LogP contribution in [0.1, 0.15) is 0 Å². The molecule has 2 aromatic heterocycles. The second-order valence-corrected chi connectivity index (χ2v) is 9.35. The number of benzene rings is 2. The highest BCUT2D eigenvalue weighted by molar-refractivity contribution is 6.35. The number of carbonyl (C=O) groups excluding carboxylic acids is 1. The van der Waals surface area contributed by atoms with Gasteiger partial charge in [0.25, 0.3) is 5.91 Å². The Labute approximate surface area is 221 Å². The van der Waals surface area contributed by atoms with Gasteiger partial charge in [0, 0.05) is 41.8 Å². The fraction of sp³-hybridized carbons (Fsp3) is 0.208. The molecule has 1 fully saturated rings. The Bertz CT molecular complexity index is 1430. The first kappa shape index (κ1) is 24.3. The van der Waals surface area contributed by atoms with Crippen molar-refractivity contribution in [3.8, 4) is 17.0 Å². The summed E-state index contributed by atoms with van der Waals surface area (Å²) in [6.07, 6.45) is 1.64. The third-order valence-electron chi connectivity index (χ3n) is 5.72. The Morgan fingerprint density at radius 3 is 2.39 bits per heavy atom. The van der Waals surface area contributed by atoms with Crippen LogP contribution in [-0.2, 0) is 4.79 Å². The van der Waals surface area contributed by atoms with E-state index >= 15 is 0 Å². The zero-order valence-electron chi connectivity index (χ0n) is 18.9. The van der Waals surface area contributed by atoms with Gasteiger partial charge in [-0.3, -0.25) is 4.79 Å². The fourth-order valence-electron chi connectivity index (χ4n) is 3.88. The Balaban J connectivity index is 1.30. The second kappa shape index (κ2) is 10.3. The van der Waals surface area contributed by atoms with Crippen molar-refractivity contribution in [1.82, 2.24) is 24.8 Å². The number of ether oxygens (including phenoxy) is 1. The molecule has 0 saturated carbocycles. The van der Waals surface area contributed by atoms with Gasteiger partial charge >= 0.3 is 0 Å². The molecule has 1 aliphatic heterocycles. The van der Waals surface area contributed by atoms with Gasteiger partial charge in [0.05, 0.1) is 16.9 Å². The lowest BCUT2D eigenvalue weighted by Gasteiger charge is -2.35. The summed E-state index contributed by atoms with van der Waals surface area (Å²) >= 11 is 18.0. The van der Waals surface area contributed by atoms with Crippen LogP contribution in [-0.4, -0.2) is 63.5 Å². The Morgan fingerprint density at radius 2 is 1.67 bits per heavy atom. The summed E-state index contributed by atoms with van der Waals surface area (Å²) in [6.45, 7) is 1.90. The third kappa shape index (κ3) is 5.23. The monoisotopic (exact) mass is 543 g/mol. The van der Waals surface area contributed by atoms with Gasteiger partial charge in [-0.05, 0) is 30.3 Å².